The van der Waals surface area contributed by atoms with Gasteiger partial charge < -0.3 is 5.11 Å². The van der Waals surface area contributed by atoms with E-state index in [-0.39, 0.29) is 19.0 Å². The van der Waals surface area contributed by atoms with Crippen LogP contribution in [0.5, 0.6) is 5.75 Å². The SMILES string of the molecule is CC1CC=C(c2ccccc2)C=C1CN(Cc1ccc(F)cc1)S(=O)(=O)c1cc(C(F)(F)F)cc(Cl)c1O. The van der Waals surface area contributed by atoms with Crippen molar-refractivity contribution in [2.45, 2.75) is 31.0 Å². The van der Waals surface area contributed by atoms with Gasteiger partial charge in [0, 0.05) is 13.1 Å². The fourth-order valence-corrected chi connectivity index (χ4v) is 6.01. The molecule has 4 nitrogen and oxygen atoms in total. The highest BCUT2D eigenvalue weighted by molar-refractivity contribution is 7.89. The molecule has 1 aliphatic rings. The molecule has 0 aliphatic heterocycles. The van der Waals surface area contributed by atoms with Gasteiger partial charge in [0.25, 0.3) is 0 Å². The number of sulfonamides is 1. The molecular weight excluding hydrogens is 542 g/mol. The average Bonchev–Trinajstić information content (AvgIpc) is 2.87. The van der Waals surface area contributed by atoms with E-state index in [0.717, 1.165) is 33.1 Å². The molecule has 3 aromatic carbocycles. The number of rotatable bonds is 7. The zero-order valence-electron chi connectivity index (χ0n) is 20.2. The highest BCUT2D eigenvalue weighted by Crippen LogP contribution is 2.40. The Bertz CT molecular complexity index is 1480. The predicted octanol–water partition coefficient (Wildman–Crippen LogP) is 7.44. The second-order valence-corrected chi connectivity index (χ2v) is 11.4. The summed E-state index contributed by atoms with van der Waals surface area (Å²) in [6.07, 6.45) is -0.351. The summed E-state index contributed by atoms with van der Waals surface area (Å²) in [7, 11) is -4.71. The number of benzene rings is 3. The van der Waals surface area contributed by atoms with E-state index in [9.17, 15) is 31.1 Å². The van der Waals surface area contributed by atoms with Crippen molar-refractivity contribution < 1.29 is 31.1 Å². The van der Waals surface area contributed by atoms with Crippen LogP contribution in [-0.4, -0.2) is 24.4 Å². The number of alkyl halides is 3. The molecule has 0 saturated heterocycles. The topological polar surface area (TPSA) is 57.6 Å². The number of hydrogen-bond acceptors (Lipinski definition) is 3. The molecule has 38 heavy (non-hydrogen) atoms. The molecule has 0 amide bonds. The molecule has 0 fully saturated rings. The molecule has 0 heterocycles. The van der Waals surface area contributed by atoms with Gasteiger partial charge in [-0.25, -0.2) is 12.8 Å². The Morgan fingerprint density at radius 2 is 1.68 bits per heavy atom. The van der Waals surface area contributed by atoms with E-state index in [1.54, 1.807) is 0 Å². The van der Waals surface area contributed by atoms with Crippen molar-refractivity contribution in [3.63, 3.8) is 0 Å². The number of phenolic OH excluding ortho intramolecular Hbond substituents is 1. The van der Waals surface area contributed by atoms with Crippen LogP contribution in [0.4, 0.5) is 17.6 Å². The third-order valence-electron chi connectivity index (χ3n) is 6.38. The number of halogens is 5. The lowest BCUT2D eigenvalue weighted by Crippen LogP contribution is -2.34. The average molecular weight is 566 g/mol. The van der Waals surface area contributed by atoms with E-state index in [1.165, 1.54) is 12.1 Å². The van der Waals surface area contributed by atoms with Crippen LogP contribution >= 0.6 is 11.6 Å². The first kappa shape index (κ1) is 27.9. The molecule has 3 aromatic rings. The van der Waals surface area contributed by atoms with E-state index < -0.39 is 43.2 Å². The maximum absolute atomic E-state index is 13.8. The summed E-state index contributed by atoms with van der Waals surface area (Å²) in [5, 5.41) is 9.71. The molecule has 0 saturated carbocycles. The number of allylic oxidation sites excluding steroid dienone is 3. The van der Waals surface area contributed by atoms with Crippen molar-refractivity contribution in [3.05, 3.63) is 112 Å². The molecule has 4 rings (SSSR count). The predicted molar refractivity (Wildman–Crippen MR) is 138 cm³/mol. The highest BCUT2D eigenvalue weighted by atomic mass is 35.5. The summed E-state index contributed by atoms with van der Waals surface area (Å²) in [5.41, 5.74) is 1.67. The lowest BCUT2D eigenvalue weighted by molar-refractivity contribution is -0.137. The van der Waals surface area contributed by atoms with E-state index >= 15 is 0 Å². The molecule has 200 valence electrons. The summed E-state index contributed by atoms with van der Waals surface area (Å²) in [6.45, 7) is 1.48. The molecule has 1 aliphatic carbocycles. The van der Waals surface area contributed by atoms with Gasteiger partial charge in [0.1, 0.15) is 10.7 Å². The number of phenols is 1. The third kappa shape index (κ3) is 6.11. The summed E-state index contributed by atoms with van der Waals surface area (Å²) in [6, 6.07) is 15.5. The minimum Gasteiger partial charge on any atom is -0.505 e. The monoisotopic (exact) mass is 565 g/mol. The van der Waals surface area contributed by atoms with Crippen LogP contribution in [0, 0.1) is 11.7 Å². The number of hydrogen-bond donors (Lipinski definition) is 1. The van der Waals surface area contributed by atoms with Gasteiger partial charge in [0.05, 0.1) is 10.6 Å². The van der Waals surface area contributed by atoms with Crippen molar-refractivity contribution >= 4 is 27.2 Å². The Hall–Kier alpha value is -3.14. The Morgan fingerprint density at radius 1 is 1.03 bits per heavy atom. The smallest absolute Gasteiger partial charge is 0.416 e. The largest absolute Gasteiger partial charge is 0.505 e. The first-order chi connectivity index (χ1) is 17.9. The second kappa shape index (κ2) is 10.9. The van der Waals surface area contributed by atoms with Crippen LogP contribution in [0.3, 0.4) is 0 Å². The fraction of sp³-hybridized carbons (Fsp3) is 0.214. The van der Waals surface area contributed by atoms with Gasteiger partial charge in [0.2, 0.25) is 10.0 Å². The van der Waals surface area contributed by atoms with Crippen LogP contribution in [0.15, 0.2) is 89.4 Å². The van der Waals surface area contributed by atoms with Gasteiger partial charge in [-0.15, -0.1) is 0 Å². The van der Waals surface area contributed by atoms with Gasteiger partial charge >= 0.3 is 6.18 Å². The van der Waals surface area contributed by atoms with Gasteiger partial charge in [0.15, 0.2) is 5.75 Å². The Morgan fingerprint density at radius 3 is 2.32 bits per heavy atom. The zero-order valence-corrected chi connectivity index (χ0v) is 21.8. The highest BCUT2D eigenvalue weighted by Gasteiger charge is 2.37. The van der Waals surface area contributed by atoms with Crippen LogP contribution in [-0.2, 0) is 22.7 Å². The summed E-state index contributed by atoms with van der Waals surface area (Å²) in [5.74, 6) is -1.56. The summed E-state index contributed by atoms with van der Waals surface area (Å²) >= 11 is 5.82. The number of aromatic hydroxyl groups is 1. The second-order valence-electron chi connectivity index (χ2n) is 9.08. The molecule has 10 heteroatoms. The lowest BCUT2D eigenvalue weighted by atomic mass is 9.87. The van der Waals surface area contributed by atoms with Crippen LogP contribution in [0.1, 0.15) is 30.0 Å². The molecule has 0 bridgehead atoms. The molecule has 1 N–H and O–H groups in total. The summed E-state index contributed by atoms with van der Waals surface area (Å²) < 4.78 is 82.5. The molecular formula is C28H24ClF4NO3S. The fourth-order valence-electron chi connectivity index (χ4n) is 4.19. The van der Waals surface area contributed by atoms with Crippen LogP contribution in [0.2, 0.25) is 5.02 Å². The van der Waals surface area contributed by atoms with Crippen molar-refractivity contribution in [3.8, 4) is 5.75 Å². The van der Waals surface area contributed by atoms with Gasteiger partial charge in [-0.1, -0.05) is 78.7 Å². The van der Waals surface area contributed by atoms with Gasteiger partial charge in [-0.3, -0.25) is 0 Å². The number of nitrogens with zero attached hydrogens (tertiary/aromatic N) is 1. The Labute approximate surface area is 223 Å². The molecule has 1 unspecified atom stereocenters. The normalized spacial score (nSPS) is 16.3. The minimum absolute atomic E-state index is 0.0629. The standard InChI is InChI=1S/C28H24ClF4NO3S/c1-18-7-10-21(20-5-3-2-4-6-20)13-22(18)17-34(16-19-8-11-24(30)12-9-19)38(36,37)26-15-23(28(31,32)33)14-25(29)27(26)35/h2-6,8-15,18,35H,7,16-17H2,1H3. The van der Waals surface area contributed by atoms with E-state index in [1.807, 2.05) is 49.4 Å². The van der Waals surface area contributed by atoms with Crippen LogP contribution < -0.4 is 0 Å². The van der Waals surface area contributed by atoms with Crippen molar-refractivity contribution in [2.75, 3.05) is 6.54 Å². The quantitative estimate of drug-likeness (QED) is 0.303. The molecule has 1 atom stereocenters. The maximum atomic E-state index is 13.8. The first-order valence-corrected chi connectivity index (χ1v) is 13.5. The minimum atomic E-state index is -4.89. The first-order valence-electron chi connectivity index (χ1n) is 11.7. The van der Waals surface area contributed by atoms with E-state index in [2.05, 4.69) is 0 Å². The third-order valence-corrected chi connectivity index (χ3v) is 8.47. The van der Waals surface area contributed by atoms with Crippen molar-refractivity contribution in [2.24, 2.45) is 5.92 Å². The van der Waals surface area contributed by atoms with E-state index in [0.29, 0.717) is 24.1 Å². The van der Waals surface area contributed by atoms with Crippen molar-refractivity contribution in [1.29, 1.82) is 0 Å². The van der Waals surface area contributed by atoms with E-state index in [4.69, 9.17) is 11.6 Å². The molecule has 0 spiro atoms. The van der Waals surface area contributed by atoms with Gasteiger partial charge in [-0.2, -0.15) is 17.5 Å². The van der Waals surface area contributed by atoms with Crippen LogP contribution in [0.25, 0.3) is 5.57 Å². The Kier molecular flexibility index (Phi) is 8.01. The molecule has 0 radical (unpaired) electrons. The zero-order chi connectivity index (χ0) is 27.7. The Balaban J connectivity index is 1.79. The van der Waals surface area contributed by atoms with Crippen molar-refractivity contribution in [1.82, 2.24) is 4.31 Å². The summed E-state index contributed by atoms with van der Waals surface area (Å²) in [4.78, 5) is -0.956. The maximum Gasteiger partial charge on any atom is 0.416 e. The lowest BCUT2D eigenvalue weighted by Gasteiger charge is -2.28. The molecule has 0 aromatic heterocycles. The van der Waals surface area contributed by atoms with Gasteiger partial charge in [-0.05, 0) is 53.3 Å².